The van der Waals surface area contributed by atoms with Crippen molar-refractivity contribution < 1.29 is 4.74 Å². The quantitative estimate of drug-likeness (QED) is 0.826. The predicted octanol–water partition coefficient (Wildman–Crippen LogP) is 2.09. The lowest BCUT2D eigenvalue weighted by Gasteiger charge is -2.25. The first-order valence-corrected chi connectivity index (χ1v) is 7.66. The Kier molecular flexibility index (Phi) is 4.62. The fourth-order valence-corrected chi connectivity index (χ4v) is 2.70. The summed E-state index contributed by atoms with van der Waals surface area (Å²) in [5.74, 6) is 0. The van der Waals surface area contributed by atoms with E-state index in [1.807, 2.05) is 10.9 Å². The lowest BCUT2D eigenvalue weighted by Crippen LogP contribution is -2.20. The first-order chi connectivity index (χ1) is 10.4. The zero-order valence-corrected chi connectivity index (χ0v) is 12.5. The van der Waals surface area contributed by atoms with E-state index in [-0.39, 0.29) is 6.10 Å². The minimum Gasteiger partial charge on any atom is -0.371 e. The van der Waals surface area contributed by atoms with Gasteiger partial charge >= 0.3 is 0 Å². The lowest BCUT2D eigenvalue weighted by atomic mass is 9.98. The Hall–Kier alpha value is -1.72. The largest absolute Gasteiger partial charge is 0.371 e. The molecule has 1 aliphatic heterocycles. The van der Waals surface area contributed by atoms with E-state index in [1.54, 1.807) is 0 Å². The van der Waals surface area contributed by atoms with Crippen molar-refractivity contribution in [1.82, 2.24) is 20.3 Å². The second-order valence-corrected chi connectivity index (χ2v) is 5.42. The molecule has 2 aromatic rings. The van der Waals surface area contributed by atoms with E-state index in [1.165, 1.54) is 11.1 Å². The summed E-state index contributed by atoms with van der Waals surface area (Å²) in [7, 11) is 0. The molecule has 0 bridgehead atoms. The third-order valence-corrected chi connectivity index (χ3v) is 3.76. The molecule has 1 N–H and O–H groups in total. The molecule has 0 radical (unpaired) electrons. The van der Waals surface area contributed by atoms with Crippen LogP contribution in [0.1, 0.15) is 36.3 Å². The number of hydrogen-bond donors (Lipinski definition) is 1. The summed E-state index contributed by atoms with van der Waals surface area (Å²) in [6.07, 6.45) is 4.20. The van der Waals surface area contributed by atoms with E-state index in [0.717, 1.165) is 44.8 Å². The van der Waals surface area contributed by atoms with Gasteiger partial charge in [0.25, 0.3) is 0 Å². The normalized spacial score (nSPS) is 17.7. The third-order valence-electron chi connectivity index (χ3n) is 3.76. The van der Waals surface area contributed by atoms with Gasteiger partial charge < -0.3 is 10.1 Å². The van der Waals surface area contributed by atoms with Gasteiger partial charge in [0, 0.05) is 12.7 Å². The van der Waals surface area contributed by atoms with E-state index in [0.29, 0.717) is 0 Å². The summed E-state index contributed by atoms with van der Waals surface area (Å²) < 4.78 is 7.80. The highest BCUT2D eigenvalue weighted by Gasteiger charge is 2.21. The van der Waals surface area contributed by atoms with Crippen LogP contribution in [0, 0.1) is 0 Å². The average molecular weight is 286 g/mol. The van der Waals surface area contributed by atoms with Gasteiger partial charge in [0.05, 0.1) is 18.8 Å². The van der Waals surface area contributed by atoms with Crippen molar-refractivity contribution >= 4 is 0 Å². The Morgan fingerprint density at radius 2 is 2.29 bits per heavy atom. The van der Waals surface area contributed by atoms with Crippen LogP contribution in [-0.4, -0.2) is 28.1 Å². The molecule has 3 rings (SSSR count). The van der Waals surface area contributed by atoms with Crippen LogP contribution in [0.5, 0.6) is 0 Å². The first-order valence-electron chi connectivity index (χ1n) is 7.66. The molecule has 1 aromatic heterocycles. The van der Waals surface area contributed by atoms with E-state index in [4.69, 9.17) is 4.74 Å². The van der Waals surface area contributed by atoms with E-state index >= 15 is 0 Å². The maximum absolute atomic E-state index is 5.91. The van der Waals surface area contributed by atoms with Crippen molar-refractivity contribution in [2.45, 2.75) is 39.0 Å². The first kappa shape index (κ1) is 14.2. The van der Waals surface area contributed by atoms with Crippen LogP contribution < -0.4 is 5.32 Å². The van der Waals surface area contributed by atoms with Crippen LogP contribution in [0.2, 0.25) is 0 Å². The Bertz CT molecular complexity index is 581. The fourth-order valence-electron chi connectivity index (χ4n) is 2.70. The van der Waals surface area contributed by atoms with Gasteiger partial charge in [0.2, 0.25) is 0 Å². The van der Waals surface area contributed by atoms with Crippen LogP contribution in [0.4, 0.5) is 0 Å². The van der Waals surface area contributed by atoms with Crippen LogP contribution in [0.3, 0.4) is 0 Å². The fraction of sp³-hybridized carbons (Fsp3) is 0.500. The van der Waals surface area contributed by atoms with Crippen molar-refractivity contribution in [2.75, 3.05) is 13.2 Å². The highest BCUT2D eigenvalue weighted by molar-refractivity contribution is 5.30. The average Bonchev–Trinajstić information content (AvgIpc) is 2.96. The standard InChI is InChI=1S/C16H22N4O/c1-2-8-17-10-14-11-20(19-18-14)12-16-15-6-4-3-5-13(15)7-9-21-16/h3-6,11,16-17H,2,7-10,12H2,1H3. The molecule has 1 unspecified atom stereocenters. The second-order valence-electron chi connectivity index (χ2n) is 5.42. The van der Waals surface area contributed by atoms with Crippen LogP contribution in [0.25, 0.3) is 0 Å². The monoisotopic (exact) mass is 286 g/mol. The van der Waals surface area contributed by atoms with Gasteiger partial charge in [0.1, 0.15) is 6.10 Å². The van der Waals surface area contributed by atoms with Gasteiger partial charge in [-0.15, -0.1) is 5.10 Å². The highest BCUT2D eigenvalue weighted by atomic mass is 16.5. The van der Waals surface area contributed by atoms with Gasteiger partial charge in [-0.3, -0.25) is 0 Å². The molecule has 1 aromatic carbocycles. The Balaban J connectivity index is 1.65. The van der Waals surface area contributed by atoms with Gasteiger partial charge in [-0.25, -0.2) is 4.68 Å². The number of nitrogens with zero attached hydrogens (tertiary/aromatic N) is 3. The Morgan fingerprint density at radius 3 is 3.19 bits per heavy atom. The summed E-state index contributed by atoms with van der Waals surface area (Å²) in [5.41, 5.74) is 3.65. The summed E-state index contributed by atoms with van der Waals surface area (Å²) in [6, 6.07) is 8.50. The number of nitrogens with one attached hydrogen (secondary N) is 1. The highest BCUT2D eigenvalue weighted by Crippen LogP contribution is 2.27. The topological polar surface area (TPSA) is 52.0 Å². The molecule has 5 nitrogen and oxygen atoms in total. The molecule has 0 spiro atoms. The van der Waals surface area contributed by atoms with E-state index in [2.05, 4.69) is 46.8 Å². The number of fused-ring (bicyclic) bond motifs is 1. The van der Waals surface area contributed by atoms with E-state index < -0.39 is 0 Å². The maximum atomic E-state index is 5.91. The molecule has 1 atom stereocenters. The van der Waals surface area contributed by atoms with Crippen molar-refractivity contribution in [2.24, 2.45) is 0 Å². The maximum Gasteiger partial charge on any atom is 0.102 e. The van der Waals surface area contributed by atoms with Crippen LogP contribution >= 0.6 is 0 Å². The van der Waals surface area contributed by atoms with Crippen molar-refractivity contribution in [3.05, 3.63) is 47.3 Å². The van der Waals surface area contributed by atoms with E-state index in [9.17, 15) is 0 Å². The molecule has 21 heavy (non-hydrogen) atoms. The summed E-state index contributed by atoms with van der Waals surface area (Å²) in [5, 5.41) is 11.7. The number of ether oxygens (including phenoxy) is 1. The molecule has 0 aliphatic carbocycles. The van der Waals surface area contributed by atoms with Crippen molar-refractivity contribution in [1.29, 1.82) is 0 Å². The van der Waals surface area contributed by atoms with Crippen LogP contribution in [0.15, 0.2) is 30.5 Å². The number of aromatic nitrogens is 3. The molecule has 0 amide bonds. The number of benzene rings is 1. The molecule has 0 saturated heterocycles. The minimum atomic E-state index is 0.0769. The molecule has 0 fully saturated rings. The molecule has 112 valence electrons. The number of rotatable bonds is 6. The predicted molar refractivity (Wildman–Crippen MR) is 80.9 cm³/mol. The SMILES string of the molecule is CCCNCc1cn(CC2OCCc3ccccc32)nn1. The summed E-state index contributed by atoms with van der Waals surface area (Å²) in [4.78, 5) is 0. The molecular formula is C16H22N4O. The second kappa shape index (κ2) is 6.83. The third kappa shape index (κ3) is 3.49. The molecule has 0 saturated carbocycles. The van der Waals surface area contributed by atoms with Gasteiger partial charge in [-0.2, -0.15) is 0 Å². The molecular weight excluding hydrogens is 264 g/mol. The van der Waals surface area contributed by atoms with Gasteiger partial charge in [0.15, 0.2) is 0 Å². The lowest BCUT2D eigenvalue weighted by molar-refractivity contribution is 0.0279. The Morgan fingerprint density at radius 1 is 1.38 bits per heavy atom. The van der Waals surface area contributed by atoms with Crippen molar-refractivity contribution in [3.8, 4) is 0 Å². The van der Waals surface area contributed by atoms with Gasteiger partial charge in [-0.1, -0.05) is 36.4 Å². The van der Waals surface area contributed by atoms with Gasteiger partial charge in [-0.05, 0) is 30.5 Å². The summed E-state index contributed by atoms with van der Waals surface area (Å²) in [6.45, 7) is 5.43. The Labute approximate surface area is 125 Å². The zero-order valence-electron chi connectivity index (χ0n) is 12.5. The molecule has 1 aliphatic rings. The minimum absolute atomic E-state index is 0.0769. The zero-order chi connectivity index (χ0) is 14.5. The van der Waals surface area contributed by atoms with Crippen molar-refractivity contribution in [3.63, 3.8) is 0 Å². The number of hydrogen-bond acceptors (Lipinski definition) is 4. The van der Waals surface area contributed by atoms with Crippen LogP contribution in [-0.2, 0) is 24.2 Å². The molecule has 2 heterocycles. The smallest absolute Gasteiger partial charge is 0.102 e. The molecule has 5 heteroatoms. The summed E-state index contributed by atoms with van der Waals surface area (Å²) >= 11 is 0.